The van der Waals surface area contributed by atoms with Crippen molar-refractivity contribution in [3.63, 3.8) is 0 Å². The number of nitrogens with zero attached hydrogens (tertiary/aromatic N) is 2. The van der Waals surface area contributed by atoms with Crippen LogP contribution in [0.4, 0.5) is 5.69 Å². The Kier molecular flexibility index (Phi) is 6.53. The summed E-state index contributed by atoms with van der Waals surface area (Å²) in [5.41, 5.74) is 0.816. The lowest BCUT2D eigenvalue weighted by Crippen LogP contribution is -2.39. The van der Waals surface area contributed by atoms with E-state index in [-0.39, 0.29) is 18.0 Å². The minimum atomic E-state index is -0.438. The summed E-state index contributed by atoms with van der Waals surface area (Å²) in [6.45, 7) is 2.63. The molecule has 23 heavy (non-hydrogen) atoms. The molecule has 1 heterocycles. The van der Waals surface area contributed by atoms with Crippen LogP contribution in [0, 0.1) is 16.0 Å². The third kappa shape index (κ3) is 5.00. The van der Waals surface area contributed by atoms with Gasteiger partial charge in [-0.2, -0.15) is 0 Å². The largest absolute Gasteiger partial charge is 0.342 e. The number of halogens is 1. The lowest BCUT2D eigenvalue weighted by atomic mass is 9.93. The SMILES string of the molecule is CNCCC1CCN(C(=O)Cc2ccc([N+](=O)[O-])cc2Br)CC1. The number of carbonyl (C=O) groups excluding carboxylic acids is 1. The van der Waals surface area contributed by atoms with E-state index in [9.17, 15) is 14.9 Å². The molecule has 0 aliphatic carbocycles. The van der Waals surface area contributed by atoms with Crippen LogP contribution in [0.15, 0.2) is 22.7 Å². The maximum Gasteiger partial charge on any atom is 0.270 e. The van der Waals surface area contributed by atoms with E-state index in [0.29, 0.717) is 10.4 Å². The van der Waals surface area contributed by atoms with Gasteiger partial charge in [0.15, 0.2) is 0 Å². The number of amides is 1. The van der Waals surface area contributed by atoms with Gasteiger partial charge in [0.2, 0.25) is 5.91 Å². The van der Waals surface area contributed by atoms with E-state index in [2.05, 4.69) is 21.2 Å². The topological polar surface area (TPSA) is 75.5 Å². The van der Waals surface area contributed by atoms with Gasteiger partial charge >= 0.3 is 0 Å². The normalized spacial score (nSPS) is 15.7. The molecule has 1 aliphatic heterocycles. The van der Waals surface area contributed by atoms with Crippen molar-refractivity contribution in [2.75, 3.05) is 26.7 Å². The van der Waals surface area contributed by atoms with E-state index >= 15 is 0 Å². The van der Waals surface area contributed by atoms with Gasteiger partial charge in [-0.15, -0.1) is 0 Å². The number of nitrogens with one attached hydrogen (secondary N) is 1. The Morgan fingerprint density at radius 1 is 1.43 bits per heavy atom. The molecule has 0 atom stereocenters. The molecule has 0 saturated carbocycles. The van der Waals surface area contributed by atoms with Crippen LogP contribution in [0.2, 0.25) is 0 Å². The molecule has 1 aromatic rings. The predicted molar refractivity (Wildman–Crippen MR) is 92.3 cm³/mol. The van der Waals surface area contributed by atoms with Crippen LogP contribution >= 0.6 is 15.9 Å². The highest BCUT2D eigenvalue weighted by Crippen LogP contribution is 2.25. The molecule has 0 aromatic heterocycles. The molecule has 0 radical (unpaired) electrons. The number of carbonyl (C=O) groups is 1. The van der Waals surface area contributed by atoms with Crippen molar-refractivity contribution < 1.29 is 9.72 Å². The number of rotatable bonds is 6. The number of hydrogen-bond donors (Lipinski definition) is 1. The summed E-state index contributed by atoms with van der Waals surface area (Å²) in [4.78, 5) is 24.6. The predicted octanol–water partition coefficient (Wildman–Crippen LogP) is 2.75. The number of non-ortho nitro benzene ring substituents is 1. The maximum atomic E-state index is 12.4. The molecule has 1 fully saturated rings. The monoisotopic (exact) mass is 383 g/mol. The fourth-order valence-corrected chi connectivity index (χ4v) is 3.39. The Balaban J connectivity index is 1.89. The lowest BCUT2D eigenvalue weighted by Gasteiger charge is -2.32. The van der Waals surface area contributed by atoms with Gasteiger partial charge in [-0.25, -0.2) is 0 Å². The molecule has 1 aliphatic rings. The van der Waals surface area contributed by atoms with Gasteiger partial charge in [0.1, 0.15) is 0 Å². The molecule has 0 spiro atoms. The van der Waals surface area contributed by atoms with E-state index in [1.807, 2.05) is 11.9 Å². The number of nitro benzene ring substituents is 1. The van der Waals surface area contributed by atoms with Crippen LogP contribution in [0.3, 0.4) is 0 Å². The van der Waals surface area contributed by atoms with Crippen molar-refractivity contribution >= 4 is 27.5 Å². The zero-order valence-corrected chi connectivity index (χ0v) is 14.8. The summed E-state index contributed by atoms with van der Waals surface area (Å²) >= 11 is 3.32. The minimum absolute atomic E-state index is 0.0263. The second kappa shape index (κ2) is 8.40. The number of nitro groups is 1. The zero-order valence-electron chi connectivity index (χ0n) is 13.3. The summed E-state index contributed by atoms with van der Waals surface area (Å²) in [6, 6.07) is 4.55. The van der Waals surface area contributed by atoms with Crippen LogP contribution in [0.1, 0.15) is 24.8 Å². The molecule has 1 N–H and O–H groups in total. The Morgan fingerprint density at radius 3 is 2.70 bits per heavy atom. The van der Waals surface area contributed by atoms with Crippen molar-refractivity contribution in [2.24, 2.45) is 5.92 Å². The van der Waals surface area contributed by atoms with Crippen LogP contribution in [-0.4, -0.2) is 42.4 Å². The van der Waals surface area contributed by atoms with Gasteiger partial charge in [0, 0.05) is 29.7 Å². The first kappa shape index (κ1) is 17.9. The molecule has 126 valence electrons. The Bertz CT molecular complexity index is 572. The zero-order chi connectivity index (χ0) is 16.8. The van der Waals surface area contributed by atoms with Crippen molar-refractivity contribution in [1.82, 2.24) is 10.2 Å². The van der Waals surface area contributed by atoms with E-state index in [1.165, 1.54) is 12.1 Å². The number of likely N-dealkylation sites (tertiary alicyclic amines) is 1. The molecule has 1 aromatic carbocycles. The van der Waals surface area contributed by atoms with Crippen LogP contribution in [0.5, 0.6) is 0 Å². The van der Waals surface area contributed by atoms with Gasteiger partial charge in [-0.3, -0.25) is 14.9 Å². The average molecular weight is 384 g/mol. The molecular formula is C16H22BrN3O3. The molecule has 7 heteroatoms. The molecule has 1 amide bonds. The Morgan fingerprint density at radius 2 is 2.13 bits per heavy atom. The summed E-state index contributed by atoms with van der Waals surface area (Å²) in [5, 5.41) is 13.9. The average Bonchev–Trinajstić information content (AvgIpc) is 2.55. The third-order valence-corrected chi connectivity index (χ3v) is 5.10. The molecule has 0 unspecified atom stereocenters. The highest BCUT2D eigenvalue weighted by atomic mass is 79.9. The molecule has 6 nitrogen and oxygen atoms in total. The van der Waals surface area contributed by atoms with E-state index in [0.717, 1.165) is 44.5 Å². The van der Waals surface area contributed by atoms with Gasteiger partial charge in [0.05, 0.1) is 11.3 Å². The molecule has 2 rings (SSSR count). The van der Waals surface area contributed by atoms with Gasteiger partial charge in [0.25, 0.3) is 5.69 Å². The second-order valence-corrected chi connectivity index (χ2v) is 6.78. The Labute approximate surface area is 144 Å². The molecular weight excluding hydrogens is 362 g/mol. The molecule has 1 saturated heterocycles. The fraction of sp³-hybridized carbons (Fsp3) is 0.562. The first-order chi connectivity index (χ1) is 11.0. The van der Waals surface area contributed by atoms with Gasteiger partial charge in [-0.1, -0.05) is 22.0 Å². The third-order valence-electron chi connectivity index (χ3n) is 4.36. The van der Waals surface area contributed by atoms with Gasteiger partial charge < -0.3 is 10.2 Å². The van der Waals surface area contributed by atoms with Crippen LogP contribution in [0.25, 0.3) is 0 Å². The van der Waals surface area contributed by atoms with Crippen LogP contribution in [-0.2, 0) is 11.2 Å². The maximum absolute atomic E-state index is 12.4. The summed E-state index contributed by atoms with van der Waals surface area (Å²) in [6.07, 6.45) is 3.54. The first-order valence-corrected chi connectivity index (χ1v) is 8.65. The summed E-state index contributed by atoms with van der Waals surface area (Å²) in [7, 11) is 1.96. The summed E-state index contributed by atoms with van der Waals surface area (Å²) in [5.74, 6) is 0.782. The first-order valence-electron chi connectivity index (χ1n) is 7.86. The second-order valence-electron chi connectivity index (χ2n) is 5.93. The van der Waals surface area contributed by atoms with Crippen molar-refractivity contribution in [2.45, 2.75) is 25.7 Å². The van der Waals surface area contributed by atoms with Crippen molar-refractivity contribution in [1.29, 1.82) is 0 Å². The standard InChI is InChI=1S/C16H22BrN3O3/c1-18-7-4-12-5-8-19(9-6-12)16(21)10-13-2-3-14(20(22)23)11-15(13)17/h2-3,11-12,18H,4-10H2,1H3. The number of benzene rings is 1. The summed E-state index contributed by atoms with van der Waals surface area (Å²) < 4.78 is 0.615. The Hall–Kier alpha value is -1.47. The van der Waals surface area contributed by atoms with Crippen molar-refractivity contribution in [3.8, 4) is 0 Å². The smallest absolute Gasteiger partial charge is 0.270 e. The van der Waals surface area contributed by atoms with Crippen molar-refractivity contribution in [3.05, 3.63) is 38.3 Å². The lowest BCUT2D eigenvalue weighted by molar-refractivity contribution is -0.384. The quantitative estimate of drug-likeness (QED) is 0.605. The molecule has 0 bridgehead atoms. The highest BCUT2D eigenvalue weighted by molar-refractivity contribution is 9.10. The fourth-order valence-electron chi connectivity index (χ4n) is 2.89. The highest BCUT2D eigenvalue weighted by Gasteiger charge is 2.23. The number of hydrogen-bond acceptors (Lipinski definition) is 4. The number of piperidine rings is 1. The minimum Gasteiger partial charge on any atom is -0.342 e. The van der Waals surface area contributed by atoms with Crippen LogP contribution < -0.4 is 5.32 Å². The van der Waals surface area contributed by atoms with E-state index < -0.39 is 4.92 Å². The van der Waals surface area contributed by atoms with E-state index in [1.54, 1.807) is 6.07 Å². The van der Waals surface area contributed by atoms with Gasteiger partial charge in [-0.05, 0) is 44.3 Å². The van der Waals surface area contributed by atoms with E-state index in [4.69, 9.17) is 0 Å².